The van der Waals surface area contributed by atoms with Gasteiger partial charge in [-0.25, -0.2) is 0 Å². The van der Waals surface area contributed by atoms with Crippen LogP contribution in [-0.2, 0) is 6.54 Å². The fraction of sp³-hybridized carbons (Fsp3) is 0.643. The first-order valence-electron chi connectivity index (χ1n) is 6.52. The molecule has 3 nitrogen and oxygen atoms in total. The van der Waals surface area contributed by atoms with E-state index in [4.69, 9.17) is 9.68 Å². The minimum Gasteiger partial charge on any atom is -0.449 e. The van der Waals surface area contributed by atoms with Crippen molar-refractivity contribution in [2.45, 2.75) is 51.6 Å². The molecule has 0 unspecified atom stereocenters. The largest absolute Gasteiger partial charge is 0.449 e. The normalized spacial score (nSPS) is 18.8. The van der Waals surface area contributed by atoms with Crippen molar-refractivity contribution in [1.29, 1.82) is 5.26 Å². The summed E-state index contributed by atoms with van der Waals surface area (Å²) in [7, 11) is 0. The molecule has 1 saturated carbocycles. The molecule has 1 aliphatic carbocycles. The van der Waals surface area contributed by atoms with Gasteiger partial charge in [0.05, 0.1) is 6.54 Å². The predicted octanol–water partition coefficient (Wildman–Crippen LogP) is 3.21. The van der Waals surface area contributed by atoms with Crippen LogP contribution in [0.5, 0.6) is 0 Å². The fourth-order valence-corrected chi connectivity index (χ4v) is 2.60. The van der Waals surface area contributed by atoms with Crippen molar-refractivity contribution in [3.05, 3.63) is 23.7 Å². The molecular formula is C14H20N2O. The summed E-state index contributed by atoms with van der Waals surface area (Å²) >= 11 is 0. The Labute approximate surface area is 103 Å². The van der Waals surface area contributed by atoms with Gasteiger partial charge in [-0.2, -0.15) is 5.26 Å². The standard InChI is InChI=1S/C14H20N2O/c1-11(12-5-3-2-4-6-12)16-10-14-8-7-13(9-15)17-14/h7-8,11-12,16H,2-6,10H2,1H3/t11-/m0/s1. The molecule has 1 N–H and O–H groups in total. The van der Waals surface area contributed by atoms with E-state index in [1.165, 1.54) is 32.1 Å². The summed E-state index contributed by atoms with van der Waals surface area (Å²) in [6.07, 6.45) is 6.82. The maximum atomic E-state index is 8.67. The maximum Gasteiger partial charge on any atom is 0.203 e. The minimum atomic E-state index is 0.395. The van der Waals surface area contributed by atoms with E-state index in [-0.39, 0.29) is 0 Å². The number of furan rings is 1. The van der Waals surface area contributed by atoms with Crippen molar-refractivity contribution < 1.29 is 4.42 Å². The van der Waals surface area contributed by atoms with Crippen LogP contribution in [0.4, 0.5) is 0 Å². The molecular weight excluding hydrogens is 212 g/mol. The second kappa shape index (κ2) is 5.88. The minimum absolute atomic E-state index is 0.395. The van der Waals surface area contributed by atoms with E-state index in [9.17, 15) is 0 Å². The van der Waals surface area contributed by atoms with Crippen LogP contribution in [0.1, 0.15) is 50.5 Å². The zero-order valence-electron chi connectivity index (χ0n) is 10.4. The number of nitriles is 1. The van der Waals surface area contributed by atoms with E-state index < -0.39 is 0 Å². The Morgan fingerprint density at radius 3 is 2.82 bits per heavy atom. The zero-order valence-corrected chi connectivity index (χ0v) is 10.4. The van der Waals surface area contributed by atoms with Gasteiger partial charge in [0.15, 0.2) is 0 Å². The maximum absolute atomic E-state index is 8.67. The molecule has 1 aliphatic rings. The lowest BCUT2D eigenvalue weighted by Crippen LogP contribution is -2.34. The quantitative estimate of drug-likeness (QED) is 0.867. The first-order chi connectivity index (χ1) is 8.29. The van der Waals surface area contributed by atoms with Crippen molar-refractivity contribution in [3.63, 3.8) is 0 Å². The molecule has 0 saturated heterocycles. The van der Waals surface area contributed by atoms with Crippen molar-refractivity contribution in [2.75, 3.05) is 0 Å². The van der Waals surface area contributed by atoms with Crippen molar-refractivity contribution in [1.82, 2.24) is 5.32 Å². The molecule has 0 amide bonds. The van der Waals surface area contributed by atoms with Gasteiger partial charge in [0.2, 0.25) is 5.76 Å². The molecule has 1 aromatic heterocycles. The lowest BCUT2D eigenvalue weighted by atomic mass is 9.84. The van der Waals surface area contributed by atoms with Gasteiger partial charge in [0.1, 0.15) is 11.8 Å². The molecule has 1 fully saturated rings. The number of rotatable bonds is 4. The third-order valence-electron chi connectivity index (χ3n) is 3.73. The Morgan fingerprint density at radius 1 is 1.41 bits per heavy atom. The Kier molecular flexibility index (Phi) is 4.22. The predicted molar refractivity (Wildman–Crippen MR) is 66.3 cm³/mol. The molecule has 1 aromatic rings. The third kappa shape index (κ3) is 3.34. The molecule has 17 heavy (non-hydrogen) atoms. The SMILES string of the molecule is C[C@H](NCc1ccc(C#N)o1)C1CCCCC1. The van der Waals surface area contributed by atoms with E-state index in [0.29, 0.717) is 11.8 Å². The van der Waals surface area contributed by atoms with Crippen molar-refractivity contribution in [3.8, 4) is 6.07 Å². The van der Waals surface area contributed by atoms with Crippen LogP contribution in [0.2, 0.25) is 0 Å². The third-order valence-corrected chi connectivity index (χ3v) is 3.73. The number of nitrogens with one attached hydrogen (secondary N) is 1. The molecule has 1 atom stereocenters. The lowest BCUT2D eigenvalue weighted by Gasteiger charge is -2.28. The first kappa shape index (κ1) is 12.2. The van der Waals surface area contributed by atoms with Gasteiger partial charge in [0.25, 0.3) is 0 Å². The number of nitrogens with zero attached hydrogens (tertiary/aromatic N) is 1. The fourth-order valence-electron chi connectivity index (χ4n) is 2.60. The van der Waals surface area contributed by atoms with Crippen LogP contribution >= 0.6 is 0 Å². The van der Waals surface area contributed by atoms with Crippen LogP contribution in [0.25, 0.3) is 0 Å². The highest BCUT2D eigenvalue weighted by Crippen LogP contribution is 2.26. The summed E-state index contributed by atoms with van der Waals surface area (Å²) < 4.78 is 5.35. The monoisotopic (exact) mass is 232 g/mol. The average Bonchev–Trinajstić information content (AvgIpc) is 2.85. The first-order valence-corrected chi connectivity index (χ1v) is 6.52. The smallest absolute Gasteiger partial charge is 0.203 e. The zero-order chi connectivity index (χ0) is 12.1. The molecule has 0 bridgehead atoms. The molecule has 1 heterocycles. The Morgan fingerprint density at radius 2 is 2.18 bits per heavy atom. The Hall–Kier alpha value is -1.27. The molecule has 0 aliphatic heterocycles. The van der Waals surface area contributed by atoms with E-state index in [0.717, 1.165) is 18.2 Å². The summed E-state index contributed by atoms with van der Waals surface area (Å²) in [5.41, 5.74) is 0. The summed E-state index contributed by atoms with van der Waals surface area (Å²) in [4.78, 5) is 0. The average molecular weight is 232 g/mol. The van der Waals surface area contributed by atoms with E-state index >= 15 is 0 Å². The molecule has 3 heteroatoms. The molecule has 0 spiro atoms. The summed E-state index contributed by atoms with van der Waals surface area (Å²) in [5.74, 6) is 2.05. The van der Waals surface area contributed by atoms with Crippen LogP contribution in [-0.4, -0.2) is 6.04 Å². The highest BCUT2D eigenvalue weighted by atomic mass is 16.3. The van der Waals surface area contributed by atoms with Gasteiger partial charge in [0, 0.05) is 6.04 Å². The van der Waals surface area contributed by atoms with Crippen LogP contribution in [0, 0.1) is 17.2 Å². The van der Waals surface area contributed by atoms with Gasteiger partial charge >= 0.3 is 0 Å². The summed E-state index contributed by atoms with van der Waals surface area (Å²) in [5, 5.41) is 12.2. The second-order valence-electron chi connectivity index (χ2n) is 4.95. The lowest BCUT2D eigenvalue weighted by molar-refractivity contribution is 0.275. The van der Waals surface area contributed by atoms with Gasteiger partial charge < -0.3 is 9.73 Å². The molecule has 0 aromatic carbocycles. The molecule has 0 radical (unpaired) electrons. The van der Waals surface area contributed by atoms with Gasteiger partial charge in [-0.15, -0.1) is 0 Å². The number of hydrogen-bond acceptors (Lipinski definition) is 3. The Balaban J connectivity index is 1.79. The topological polar surface area (TPSA) is 49.0 Å². The summed E-state index contributed by atoms with van der Waals surface area (Å²) in [6, 6.07) is 6.14. The van der Waals surface area contributed by atoms with Crippen molar-refractivity contribution in [2.24, 2.45) is 5.92 Å². The van der Waals surface area contributed by atoms with Crippen molar-refractivity contribution >= 4 is 0 Å². The van der Waals surface area contributed by atoms with Crippen LogP contribution in [0.3, 0.4) is 0 Å². The van der Waals surface area contributed by atoms with Crippen LogP contribution < -0.4 is 5.32 Å². The summed E-state index contributed by atoms with van der Waals surface area (Å²) in [6.45, 7) is 2.98. The van der Waals surface area contributed by atoms with Crippen LogP contribution in [0.15, 0.2) is 16.5 Å². The van der Waals surface area contributed by atoms with Gasteiger partial charge in [-0.1, -0.05) is 19.3 Å². The number of hydrogen-bond donors (Lipinski definition) is 1. The highest BCUT2D eigenvalue weighted by Gasteiger charge is 2.19. The van der Waals surface area contributed by atoms with E-state index in [2.05, 4.69) is 12.2 Å². The van der Waals surface area contributed by atoms with E-state index in [1.807, 2.05) is 12.1 Å². The highest BCUT2D eigenvalue weighted by molar-refractivity contribution is 5.18. The molecule has 92 valence electrons. The van der Waals surface area contributed by atoms with E-state index in [1.54, 1.807) is 6.07 Å². The molecule has 2 rings (SSSR count). The van der Waals surface area contributed by atoms with Gasteiger partial charge in [-0.3, -0.25) is 0 Å². The Bertz CT molecular complexity index is 385. The van der Waals surface area contributed by atoms with Gasteiger partial charge in [-0.05, 0) is 37.8 Å². The second-order valence-corrected chi connectivity index (χ2v) is 4.95.